The molecule has 0 radical (unpaired) electrons. The first-order valence-electron chi connectivity index (χ1n) is 4.63. The van der Waals surface area contributed by atoms with Gasteiger partial charge in [-0.05, 0) is 18.6 Å². The van der Waals surface area contributed by atoms with Gasteiger partial charge < -0.3 is 9.84 Å². The van der Waals surface area contributed by atoms with Crippen LogP contribution in [0.5, 0.6) is 0 Å². The van der Waals surface area contributed by atoms with Crippen molar-refractivity contribution in [2.24, 2.45) is 0 Å². The maximum absolute atomic E-state index is 8.51. The molecular weight excluding hydrogens is 196 g/mol. The molecule has 0 amide bonds. The quantitative estimate of drug-likeness (QED) is 0.608. The zero-order valence-electron chi connectivity index (χ0n) is 8.25. The summed E-state index contributed by atoms with van der Waals surface area (Å²) in [4.78, 5) is 2.16. The molecule has 0 atom stereocenters. The third kappa shape index (κ3) is 3.93. The highest BCUT2D eigenvalue weighted by molar-refractivity contribution is 7.12. The number of aliphatic hydroxyl groups excluding tert-OH is 1. The van der Waals surface area contributed by atoms with Crippen LogP contribution in [0.2, 0.25) is 0 Å². The summed E-state index contributed by atoms with van der Waals surface area (Å²) < 4.78 is 5.40. The lowest BCUT2D eigenvalue weighted by Crippen LogP contribution is -1.90. The lowest BCUT2D eigenvalue weighted by atomic mass is 10.4. The van der Waals surface area contributed by atoms with Crippen molar-refractivity contribution in [3.8, 4) is 11.8 Å². The number of ether oxygens (including phenoxy) is 1. The van der Waals surface area contributed by atoms with Gasteiger partial charge in [-0.25, -0.2) is 0 Å². The molecule has 76 valence electrons. The fourth-order valence-electron chi connectivity index (χ4n) is 0.966. The van der Waals surface area contributed by atoms with Gasteiger partial charge in [-0.3, -0.25) is 0 Å². The molecule has 1 N–H and O–H groups in total. The van der Waals surface area contributed by atoms with Crippen molar-refractivity contribution in [2.45, 2.75) is 20.0 Å². The highest BCUT2D eigenvalue weighted by atomic mass is 32.1. The number of hydrogen-bond acceptors (Lipinski definition) is 3. The number of aliphatic hydroxyl groups is 1. The average Bonchev–Trinajstić information content (AvgIpc) is 2.63. The van der Waals surface area contributed by atoms with Crippen molar-refractivity contribution >= 4 is 11.3 Å². The normalized spacial score (nSPS) is 9.57. The van der Waals surface area contributed by atoms with Crippen LogP contribution in [0, 0.1) is 11.8 Å². The molecule has 0 bridgehead atoms. The van der Waals surface area contributed by atoms with Crippen molar-refractivity contribution in [2.75, 3.05) is 13.2 Å². The van der Waals surface area contributed by atoms with E-state index < -0.39 is 0 Å². The predicted molar refractivity (Wildman–Crippen MR) is 58.2 cm³/mol. The van der Waals surface area contributed by atoms with E-state index in [1.54, 1.807) is 11.3 Å². The fourth-order valence-corrected chi connectivity index (χ4v) is 1.79. The van der Waals surface area contributed by atoms with Gasteiger partial charge in [0.05, 0.1) is 11.5 Å². The molecule has 1 rings (SSSR count). The van der Waals surface area contributed by atoms with Gasteiger partial charge >= 0.3 is 0 Å². The van der Waals surface area contributed by atoms with Crippen LogP contribution < -0.4 is 0 Å². The molecule has 3 heteroatoms. The Hall–Kier alpha value is -0.820. The summed E-state index contributed by atoms with van der Waals surface area (Å²) in [5, 5.41) is 8.51. The van der Waals surface area contributed by atoms with E-state index in [1.165, 1.54) is 4.88 Å². The second kappa shape index (κ2) is 6.61. The summed E-state index contributed by atoms with van der Waals surface area (Å²) >= 11 is 1.61. The predicted octanol–water partition coefficient (Wildman–Crippen LogP) is 2.02. The lowest BCUT2D eigenvalue weighted by Gasteiger charge is -1.97. The molecule has 14 heavy (non-hydrogen) atoms. The zero-order valence-corrected chi connectivity index (χ0v) is 9.06. The zero-order chi connectivity index (χ0) is 10.2. The van der Waals surface area contributed by atoms with Crippen LogP contribution >= 0.6 is 11.3 Å². The summed E-state index contributed by atoms with van der Waals surface area (Å²) in [6.45, 7) is 3.47. The number of thiophene rings is 1. The van der Waals surface area contributed by atoms with E-state index in [0.717, 1.165) is 17.9 Å². The van der Waals surface area contributed by atoms with E-state index in [4.69, 9.17) is 9.84 Å². The Morgan fingerprint density at radius 3 is 3.07 bits per heavy atom. The van der Waals surface area contributed by atoms with Crippen molar-refractivity contribution in [3.05, 3.63) is 21.9 Å². The Kier molecular flexibility index (Phi) is 5.31. The minimum Gasteiger partial charge on any atom is -0.384 e. The third-order valence-corrected chi connectivity index (χ3v) is 2.52. The van der Waals surface area contributed by atoms with Crippen LogP contribution in [0.15, 0.2) is 12.1 Å². The molecule has 1 aromatic heterocycles. The minimum absolute atomic E-state index is 0.0838. The Morgan fingerprint density at radius 1 is 1.50 bits per heavy atom. The molecule has 0 unspecified atom stereocenters. The molecule has 1 heterocycles. The minimum atomic E-state index is -0.0838. The number of rotatable bonds is 4. The first kappa shape index (κ1) is 11.3. The Balaban J connectivity index is 2.42. The standard InChI is InChI=1S/C11H14O2S/c1-2-8-13-9-11-6-5-10(14-11)4-3-7-12/h5-6,12H,2,7-9H2,1H3. The van der Waals surface area contributed by atoms with Crippen LogP contribution in [0.25, 0.3) is 0 Å². The molecule has 1 aromatic rings. The van der Waals surface area contributed by atoms with Crippen LogP contribution in [0.1, 0.15) is 23.1 Å². The maximum atomic E-state index is 8.51. The molecule has 0 saturated heterocycles. The summed E-state index contributed by atoms with van der Waals surface area (Å²) in [5.74, 6) is 5.49. The van der Waals surface area contributed by atoms with Crippen LogP contribution in [-0.2, 0) is 11.3 Å². The molecule has 0 aliphatic rings. The van der Waals surface area contributed by atoms with Crippen molar-refractivity contribution in [3.63, 3.8) is 0 Å². The SMILES string of the molecule is CCCOCc1ccc(C#CCO)s1. The second-order valence-corrected chi connectivity index (χ2v) is 3.95. The Labute approximate surface area is 88.5 Å². The summed E-state index contributed by atoms with van der Waals surface area (Å²) in [5.41, 5.74) is 0. The third-order valence-electron chi connectivity index (χ3n) is 1.55. The van der Waals surface area contributed by atoms with Crippen molar-refractivity contribution < 1.29 is 9.84 Å². The first-order valence-corrected chi connectivity index (χ1v) is 5.44. The van der Waals surface area contributed by atoms with E-state index in [0.29, 0.717) is 6.61 Å². The van der Waals surface area contributed by atoms with Crippen LogP contribution in [0.4, 0.5) is 0 Å². The second-order valence-electron chi connectivity index (χ2n) is 2.78. The van der Waals surface area contributed by atoms with Crippen LogP contribution in [0.3, 0.4) is 0 Å². The smallest absolute Gasteiger partial charge is 0.104 e. The summed E-state index contributed by atoms with van der Waals surface area (Å²) in [7, 11) is 0. The highest BCUT2D eigenvalue weighted by Gasteiger charge is 1.97. The van der Waals surface area contributed by atoms with E-state index in [1.807, 2.05) is 12.1 Å². The first-order chi connectivity index (χ1) is 6.86. The molecular formula is C11H14O2S. The Bertz CT molecular complexity index is 320. The molecule has 2 nitrogen and oxygen atoms in total. The van der Waals surface area contributed by atoms with Gasteiger partial charge in [0.1, 0.15) is 6.61 Å². The van der Waals surface area contributed by atoms with Gasteiger partial charge in [0.15, 0.2) is 0 Å². The monoisotopic (exact) mass is 210 g/mol. The van der Waals surface area contributed by atoms with Gasteiger partial charge in [-0.1, -0.05) is 18.8 Å². The molecule has 0 aliphatic carbocycles. The molecule has 0 aliphatic heterocycles. The summed E-state index contributed by atoms with van der Waals surface area (Å²) in [6.07, 6.45) is 1.04. The van der Waals surface area contributed by atoms with E-state index in [2.05, 4.69) is 18.8 Å². The molecule has 0 aromatic carbocycles. The van der Waals surface area contributed by atoms with E-state index in [9.17, 15) is 0 Å². The van der Waals surface area contributed by atoms with Gasteiger partial charge in [0.25, 0.3) is 0 Å². The van der Waals surface area contributed by atoms with E-state index in [-0.39, 0.29) is 6.61 Å². The van der Waals surface area contributed by atoms with Gasteiger partial charge in [0, 0.05) is 11.5 Å². The summed E-state index contributed by atoms with van der Waals surface area (Å²) in [6, 6.07) is 3.97. The lowest BCUT2D eigenvalue weighted by molar-refractivity contribution is 0.123. The fraction of sp³-hybridized carbons (Fsp3) is 0.455. The number of hydrogen-bond donors (Lipinski definition) is 1. The topological polar surface area (TPSA) is 29.5 Å². The Morgan fingerprint density at radius 2 is 2.36 bits per heavy atom. The largest absolute Gasteiger partial charge is 0.384 e. The maximum Gasteiger partial charge on any atom is 0.104 e. The molecule has 0 saturated carbocycles. The van der Waals surface area contributed by atoms with Crippen LogP contribution in [-0.4, -0.2) is 18.3 Å². The van der Waals surface area contributed by atoms with Gasteiger partial charge in [-0.15, -0.1) is 11.3 Å². The van der Waals surface area contributed by atoms with Crippen molar-refractivity contribution in [1.82, 2.24) is 0 Å². The van der Waals surface area contributed by atoms with Gasteiger partial charge in [0.2, 0.25) is 0 Å². The molecule has 0 spiro atoms. The van der Waals surface area contributed by atoms with Crippen molar-refractivity contribution in [1.29, 1.82) is 0 Å². The molecule has 0 fully saturated rings. The van der Waals surface area contributed by atoms with Gasteiger partial charge in [-0.2, -0.15) is 0 Å². The highest BCUT2D eigenvalue weighted by Crippen LogP contribution is 2.16. The van der Waals surface area contributed by atoms with E-state index >= 15 is 0 Å². The average molecular weight is 210 g/mol.